The van der Waals surface area contributed by atoms with E-state index in [0.29, 0.717) is 6.42 Å². The van der Waals surface area contributed by atoms with Crippen LogP contribution in [0.4, 0.5) is 0 Å². The molecule has 0 aliphatic rings. The van der Waals surface area contributed by atoms with Crippen molar-refractivity contribution < 1.29 is 10.2 Å². The van der Waals surface area contributed by atoms with Crippen LogP contribution in [0.1, 0.15) is 17.4 Å². The first-order valence-electron chi connectivity index (χ1n) is 3.17. The van der Waals surface area contributed by atoms with Gasteiger partial charge in [0.1, 0.15) is 0 Å². The summed E-state index contributed by atoms with van der Waals surface area (Å²) in [5.41, 5.74) is 0. The van der Waals surface area contributed by atoms with Crippen molar-refractivity contribution in [2.75, 3.05) is 6.61 Å². The van der Waals surface area contributed by atoms with E-state index in [1.807, 2.05) is 17.5 Å². The summed E-state index contributed by atoms with van der Waals surface area (Å²) in [5.74, 6) is 0. The molecule has 10 heavy (non-hydrogen) atoms. The molecule has 1 aromatic heterocycles. The molecule has 0 saturated carbocycles. The standard InChI is InChI=1S/C7H10O2S/c8-4-3-6(9)7-2-1-5-10-7/h1-2,5-6,8-9H,3-4H2. The van der Waals surface area contributed by atoms with E-state index < -0.39 is 6.10 Å². The van der Waals surface area contributed by atoms with Crippen LogP contribution in [0.3, 0.4) is 0 Å². The normalized spacial score (nSPS) is 13.4. The summed E-state index contributed by atoms with van der Waals surface area (Å²) in [6.45, 7) is 0.0407. The minimum absolute atomic E-state index is 0.0407. The highest BCUT2D eigenvalue weighted by atomic mass is 32.1. The fraction of sp³-hybridized carbons (Fsp3) is 0.429. The minimum atomic E-state index is -0.481. The third-order valence-electron chi connectivity index (χ3n) is 1.27. The van der Waals surface area contributed by atoms with Crippen LogP contribution in [0.25, 0.3) is 0 Å². The van der Waals surface area contributed by atoms with Gasteiger partial charge >= 0.3 is 0 Å². The largest absolute Gasteiger partial charge is 0.396 e. The van der Waals surface area contributed by atoms with Crippen LogP contribution in [0.5, 0.6) is 0 Å². The summed E-state index contributed by atoms with van der Waals surface area (Å²) in [6.07, 6.45) is -0.0504. The average molecular weight is 158 g/mol. The fourth-order valence-electron chi connectivity index (χ4n) is 0.745. The van der Waals surface area contributed by atoms with Gasteiger partial charge in [0.2, 0.25) is 0 Å². The molecule has 0 aliphatic carbocycles. The van der Waals surface area contributed by atoms with Crippen molar-refractivity contribution in [1.82, 2.24) is 0 Å². The van der Waals surface area contributed by atoms with Crippen LogP contribution in [0.2, 0.25) is 0 Å². The summed E-state index contributed by atoms with van der Waals surface area (Å²) >= 11 is 1.51. The first-order chi connectivity index (χ1) is 4.84. The van der Waals surface area contributed by atoms with E-state index in [0.717, 1.165) is 4.88 Å². The van der Waals surface area contributed by atoms with E-state index in [2.05, 4.69) is 0 Å². The lowest BCUT2D eigenvalue weighted by Crippen LogP contribution is -1.96. The van der Waals surface area contributed by atoms with Crippen molar-refractivity contribution >= 4 is 11.3 Å². The minimum Gasteiger partial charge on any atom is -0.396 e. The molecule has 0 radical (unpaired) electrons. The zero-order valence-electron chi connectivity index (χ0n) is 5.53. The van der Waals surface area contributed by atoms with E-state index in [4.69, 9.17) is 5.11 Å². The Morgan fingerprint density at radius 1 is 1.60 bits per heavy atom. The third-order valence-corrected chi connectivity index (χ3v) is 2.25. The quantitative estimate of drug-likeness (QED) is 0.693. The van der Waals surface area contributed by atoms with Crippen molar-refractivity contribution in [2.45, 2.75) is 12.5 Å². The van der Waals surface area contributed by atoms with Crippen molar-refractivity contribution in [3.05, 3.63) is 22.4 Å². The van der Waals surface area contributed by atoms with Crippen molar-refractivity contribution in [3.8, 4) is 0 Å². The SMILES string of the molecule is OCCC(O)c1cccs1. The van der Waals surface area contributed by atoms with Crippen molar-refractivity contribution in [2.24, 2.45) is 0 Å². The van der Waals surface area contributed by atoms with Gasteiger partial charge in [0.25, 0.3) is 0 Å². The van der Waals surface area contributed by atoms with Gasteiger partial charge in [-0.25, -0.2) is 0 Å². The maximum Gasteiger partial charge on any atom is 0.0903 e. The van der Waals surface area contributed by atoms with Gasteiger partial charge < -0.3 is 10.2 Å². The van der Waals surface area contributed by atoms with Gasteiger partial charge in [-0.3, -0.25) is 0 Å². The molecule has 0 fully saturated rings. The van der Waals surface area contributed by atoms with E-state index in [9.17, 15) is 5.11 Å². The Bertz CT molecular complexity index is 172. The van der Waals surface area contributed by atoms with E-state index >= 15 is 0 Å². The first-order valence-corrected chi connectivity index (χ1v) is 4.05. The molecule has 0 spiro atoms. The lowest BCUT2D eigenvalue weighted by atomic mass is 10.2. The van der Waals surface area contributed by atoms with Gasteiger partial charge in [0.15, 0.2) is 0 Å². The summed E-state index contributed by atoms with van der Waals surface area (Å²) in [7, 11) is 0. The molecule has 0 bridgehead atoms. The second-order valence-electron chi connectivity index (χ2n) is 2.04. The number of hydrogen-bond donors (Lipinski definition) is 2. The number of aliphatic hydroxyl groups excluding tert-OH is 2. The molecule has 1 atom stereocenters. The monoisotopic (exact) mass is 158 g/mol. The van der Waals surface area contributed by atoms with Gasteiger partial charge in [-0.15, -0.1) is 11.3 Å². The predicted octanol–water partition coefficient (Wildman–Crippen LogP) is 1.16. The molecule has 0 amide bonds. The molecule has 1 heterocycles. The molecule has 3 heteroatoms. The zero-order chi connectivity index (χ0) is 7.40. The second kappa shape index (κ2) is 3.71. The number of thiophene rings is 1. The van der Waals surface area contributed by atoms with Crippen LogP contribution in [-0.4, -0.2) is 16.8 Å². The van der Waals surface area contributed by atoms with Crippen molar-refractivity contribution in [1.29, 1.82) is 0 Å². The second-order valence-corrected chi connectivity index (χ2v) is 3.02. The highest BCUT2D eigenvalue weighted by Crippen LogP contribution is 2.20. The molecule has 0 aromatic carbocycles. The van der Waals surface area contributed by atoms with E-state index in [1.165, 1.54) is 11.3 Å². The zero-order valence-corrected chi connectivity index (χ0v) is 6.34. The van der Waals surface area contributed by atoms with E-state index in [-0.39, 0.29) is 6.61 Å². The Kier molecular flexibility index (Phi) is 2.86. The molecular formula is C7H10O2S. The number of aliphatic hydroxyl groups is 2. The molecule has 2 nitrogen and oxygen atoms in total. The van der Waals surface area contributed by atoms with Gasteiger partial charge in [-0.1, -0.05) is 6.07 Å². The lowest BCUT2D eigenvalue weighted by Gasteiger charge is -2.03. The molecule has 1 unspecified atom stereocenters. The summed E-state index contributed by atoms with van der Waals surface area (Å²) in [4.78, 5) is 0.925. The van der Waals surface area contributed by atoms with Crippen molar-refractivity contribution in [3.63, 3.8) is 0 Å². The van der Waals surface area contributed by atoms with Crippen LogP contribution < -0.4 is 0 Å². The Morgan fingerprint density at radius 3 is 2.90 bits per heavy atom. The molecule has 1 aromatic rings. The van der Waals surface area contributed by atoms with E-state index in [1.54, 1.807) is 0 Å². The molecule has 56 valence electrons. The van der Waals surface area contributed by atoms with Gasteiger partial charge in [0, 0.05) is 17.9 Å². The third kappa shape index (κ3) is 1.80. The van der Waals surface area contributed by atoms with Crippen LogP contribution in [0.15, 0.2) is 17.5 Å². The molecule has 0 aliphatic heterocycles. The Labute approximate surface area is 63.8 Å². The predicted molar refractivity (Wildman–Crippen MR) is 41.0 cm³/mol. The fourth-order valence-corrected chi connectivity index (χ4v) is 1.49. The highest BCUT2D eigenvalue weighted by molar-refractivity contribution is 7.10. The molecular weight excluding hydrogens is 148 g/mol. The van der Waals surface area contributed by atoms with Crippen LogP contribution in [0, 0.1) is 0 Å². The summed E-state index contributed by atoms with van der Waals surface area (Å²) < 4.78 is 0. The van der Waals surface area contributed by atoms with Gasteiger partial charge in [0.05, 0.1) is 6.10 Å². The topological polar surface area (TPSA) is 40.5 Å². The number of rotatable bonds is 3. The summed E-state index contributed by atoms with van der Waals surface area (Å²) in [6, 6.07) is 3.76. The van der Waals surface area contributed by atoms with Gasteiger partial charge in [-0.05, 0) is 11.4 Å². The van der Waals surface area contributed by atoms with Crippen LogP contribution >= 0.6 is 11.3 Å². The smallest absolute Gasteiger partial charge is 0.0903 e. The molecule has 2 N–H and O–H groups in total. The van der Waals surface area contributed by atoms with Crippen LogP contribution in [-0.2, 0) is 0 Å². The first kappa shape index (κ1) is 7.72. The maximum atomic E-state index is 9.26. The molecule has 0 saturated heterocycles. The Hall–Kier alpha value is -0.380. The summed E-state index contributed by atoms with van der Waals surface area (Å²) in [5, 5.41) is 19.7. The Balaban J connectivity index is 2.50. The highest BCUT2D eigenvalue weighted by Gasteiger charge is 2.05. The maximum absolute atomic E-state index is 9.26. The Morgan fingerprint density at radius 2 is 2.40 bits per heavy atom. The lowest BCUT2D eigenvalue weighted by molar-refractivity contribution is 0.137. The number of hydrogen-bond acceptors (Lipinski definition) is 3. The average Bonchev–Trinajstić information content (AvgIpc) is 2.38. The molecule has 1 rings (SSSR count). The van der Waals surface area contributed by atoms with Gasteiger partial charge in [-0.2, -0.15) is 0 Å².